The van der Waals surface area contributed by atoms with E-state index < -0.39 is 6.23 Å². The van der Waals surface area contributed by atoms with E-state index in [1.807, 2.05) is 0 Å². The summed E-state index contributed by atoms with van der Waals surface area (Å²) in [5.41, 5.74) is 12.4. The molecule has 6 nitrogen and oxygen atoms in total. The highest BCUT2D eigenvalue weighted by Crippen LogP contribution is 2.35. The second-order valence-electron chi connectivity index (χ2n) is 5.22. The van der Waals surface area contributed by atoms with Gasteiger partial charge in [-0.3, -0.25) is 4.68 Å². The molecule has 0 spiro atoms. The molecule has 1 fully saturated rings. The van der Waals surface area contributed by atoms with Gasteiger partial charge in [0.2, 0.25) is 0 Å². The SMILES string of the molecule is C=Cc1c(C(N)O)c(N)nn1C1CCCCCC1C#N. The summed E-state index contributed by atoms with van der Waals surface area (Å²) < 4.78 is 1.73. The minimum atomic E-state index is -1.19. The van der Waals surface area contributed by atoms with Gasteiger partial charge in [-0.25, -0.2) is 0 Å². The van der Waals surface area contributed by atoms with Crippen molar-refractivity contribution in [2.24, 2.45) is 11.7 Å². The summed E-state index contributed by atoms with van der Waals surface area (Å²) in [6.45, 7) is 3.75. The highest BCUT2D eigenvalue weighted by molar-refractivity contribution is 5.57. The van der Waals surface area contributed by atoms with Crippen molar-refractivity contribution in [3.8, 4) is 6.07 Å². The molecule has 108 valence electrons. The fourth-order valence-corrected chi connectivity index (χ4v) is 2.97. The first-order valence-corrected chi connectivity index (χ1v) is 6.93. The van der Waals surface area contributed by atoms with E-state index in [1.54, 1.807) is 10.8 Å². The van der Waals surface area contributed by atoms with Crippen LogP contribution < -0.4 is 11.5 Å². The van der Waals surface area contributed by atoms with Gasteiger partial charge in [0, 0.05) is 0 Å². The fraction of sp³-hybridized carbons (Fsp3) is 0.571. The minimum absolute atomic E-state index is 0.0368. The van der Waals surface area contributed by atoms with Gasteiger partial charge in [-0.15, -0.1) is 0 Å². The lowest BCUT2D eigenvalue weighted by molar-refractivity contribution is 0.186. The van der Waals surface area contributed by atoms with Gasteiger partial charge in [0.25, 0.3) is 0 Å². The van der Waals surface area contributed by atoms with Crippen molar-refractivity contribution >= 4 is 11.9 Å². The number of anilines is 1. The first kappa shape index (κ1) is 14.6. The van der Waals surface area contributed by atoms with E-state index >= 15 is 0 Å². The number of hydrogen-bond acceptors (Lipinski definition) is 5. The van der Waals surface area contributed by atoms with E-state index in [9.17, 15) is 10.4 Å². The maximum atomic E-state index is 9.64. The first-order valence-electron chi connectivity index (χ1n) is 6.93. The zero-order chi connectivity index (χ0) is 14.7. The van der Waals surface area contributed by atoms with Crippen molar-refractivity contribution in [3.63, 3.8) is 0 Å². The zero-order valence-electron chi connectivity index (χ0n) is 11.5. The van der Waals surface area contributed by atoms with E-state index in [4.69, 9.17) is 11.5 Å². The molecule has 3 atom stereocenters. The maximum absolute atomic E-state index is 9.64. The third kappa shape index (κ3) is 2.55. The molecule has 1 aromatic rings. The Morgan fingerprint density at radius 3 is 2.75 bits per heavy atom. The van der Waals surface area contributed by atoms with Crippen LogP contribution in [0.25, 0.3) is 6.08 Å². The molecular formula is C14H21N5O. The smallest absolute Gasteiger partial charge is 0.153 e. The van der Waals surface area contributed by atoms with E-state index in [0.29, 0.717) is 11.3 Å². The van der Waals surface area contributed by atoms with Gasteiger partial charge in [0.1, 0.15) is 6.23 Å². The van der Waals surface area contributed by atoms with Crippen LogP contribution in [0.2, 0.25) is 0 Å². The van der Waals surface area contributed by atoms with Crippen LogP contribution in [0.15, 0.2) is 6.58 Å². The Labute approximate surface area is 118 Å². The van der Waals surface area contributed by atoms with Gasteiger partial charge in [-0.05, 0) is 18.9 Å². The van der Waals surface area contributed by atoms with Crippen molar-refractivity contribution in [2.45, 2.75) is 44.4 Å². The quantitative estimate of drug-likeness (QED) is 0.574. The molecule has 0 bridgehead atoms. The Morgan fingerprint density at radius 2 is 2.15 bits per heavy atom. The lowest BCUT2D eigenvalue weighted by atomic mass is 9.96. The molecule has 5 N–H and O–H groups in total. The summed E-state index contributed by atoms with van der Waals surface area (Å²) in [7, 11) is 0. The standard InChI is InChI=1S/C14H21N5O/c1-2-10-12(14(17)20)13(16)18-19(10)11-7-5-3-4-6-9(11)8-15/h2,9,11,14,20H,1,3-7,17H2,(H2,16,18). The molecule has 0 saturated heterocycles. The maximum Gasteiger partial charge on any atom is 0.153 e. The molecule has 0 aliphatic heterocycles. The topological polar surface area (TPSA) is 114 Å². The molecule has 1 saturated carbocycles. The Bertz CT molecular complexity index is 528. The van der Waals surface area contributed by atoms with Crippen molar-refractivity contribution in [1.29, 1.82) is 5.26 Å². The number of nitrogens with zero attached hydrogens (tertiary/aromatic N) is 3. The largest absolute Gasteiger partial charge is 0.382 e. The van der Waals surface area contributed by atoms with Crippen LogP contribution in [-0.2, 0) is 0 Å². The van der Waals surface area contributed by atoms with Crippen LogP contribution in [0.1, 0.15) is 55.6 Å². The summed E-state index contributed by atoms with van der Waals surface area (Å²) in [5.74, 6) is 0.106. The van der Waals surface area contributed by atoms with Crippen LogP contribution in [0.4, 0.5) is 5.82 Å². The number of nitrogen functional groups attached to an aromatic ring is 1. The number of nitrogens with two attached hydrogens (primary N) is 2. The van der Waals surface area contributed by atoms with E-state index in [2.05, 4.69) is 17.7 Å². The number of aliphatic hydroxyl groups is 1. The average molecular weight is 275 g/mol. The van der Waals surface area contributed by atoms with Crippen molar-refractivity contribution in [1.82, 2.24) is 9.78 Å². The van der Waals surface area contributed by atoms with Crippen molar-refractivity contribution in [2.75, 3.05) is 5.73 Å². The number of hydrogen-bond donors (Lipinski definition) is 3. The van der Waals surface area contributed by atoms with E-state index in [1.165, 1.54) is 0 Å². The predicted molar refractivity (Wildman–Crippen MR) is 77.1 cm³/mol. The van der Waals surface area contributed by atoms with Crippen LogP contribution in [0.3, 0.4) is 0 Å². The summed E-state index contributed by atoms with van der Waals surface area (Å²) >= 11 is 0. The van der Waals surface area contributed by atoms with Crippen LogP contribution in [0, 0.1) is 17.2 Å². The second kappa shape index (κ2) is 6.07. The molecule has 0 radical (unpaired) electrons. The van der Waals surface area contributed by atoms with Gasteiger partial charge in [0.15, 0.2) is 5.82 Å². The van der Waals surface area contributed by atoms with Gasteiger partial charge < -0.3 is 16.6 Å². The molecule has 1 heterocycles. The predicted octanol–water partition coefficient (Wildman–Crippen LogP) is 1.70. The Balaban J connectivity index is 2.48. The minimum Gasteiger partial charge on any atom is -0.382 e. The van der Waals surface area contributed by atoms with Crippen LogP contribution >= 0.6 is 0 Å². The molecular weight excluding hydrogens is 254 g/mol. The Hall–Kier alpha value is -1.84. The fourth-order valence-electron chi connectivity index (χ4n) is 2.97. The van der Waals surface area contributed by atoms with Crippen LogP contribution in [0.5, 0.6) is 0 Å². The first-order chi connectivity index (χ1) is 9.60. The van der Waals surface area contributed by atoms with Crippen LogP contribution in [-0.4, -0.2) is 14.9 Å². The highest BCUT2D eigenvalue weighted by Gasteiger charge is 2.29. The number of aromatic nitrogens is 2. The third-order valence-corrected chi connectivity index (χ3v) is 3.96. The summed E-state index contributed by atoms with van der Waals surface area (Å²) in [6, 6.07) is 2.34. The summed E-state index contributed by atoms with van der Waals surface area (Å²) in [6.07, 6.45) is 5.37. The van der Waals surface area contributed by atoms with Gasteiger partial charge in [-0.1, -0.05) is 25.8 Å². The molecule has 1 aliphatic carbocycles. The lowest BCUT2D eigenvalue weighted by Gasteiger charge is -2.21. The Morgan fingerprint density at radius 1 is 1.45 bits per heavy atom. The van der Waals surface area contributed by atoms with E-state index in [0.717, 1.165) is 32.1 Å². The van der Waals surface area contributed by atoms with E-state index in [-0.39, 0.29) is 17.8 Å². The Kier molecular flexibility index (Phi) is 4.42. The van der Waals surface area contributed by atoms with Gasteiger partial charge >= 0.3 is 0 Å². The molecule has 3 unspecified atom stereocenters. The summed E-state index contributed by atoms with van der Waals surface area (Å²) in [4.78, 5) is 0. The second-order valence-corrected chi connectivity index (χ2v) is 5.22. The monoisotopic (exact) mass is 275 g/mol. The molecule has 1 aliphatic rings. The number of aliphatic hydroxyl groups excluding tert-OH is 1. The molecule has 1 aromatic heterocycles. The molecule has 2 rings (SSSR count). The number of rotatable bonds is 3. The third-order valence-electron chi connectivity index (χ3n) is 3.96. The average Bonchev–Trinajstić information content (AvgIpc) is 2.61. The van der Waals surface area contributed by atoms with Crippen molar-refractivity contribution in [3.05, 3.63) is 17.8 Å². The van der Waals surface area contributed by atoms with Gasteiger partial charge in [0.05, 0.1) is 29.3 Å². The van der Waals surface area contributed by atoms with Crippen molar-refractivity contribution < 1.29 is 5.11 Å². The molecule has 0 aromatic carbocycles. The molecule has 20 heavy (non-hydrogen) atoms. The normalized spacial score (nSPS) is 24.6. The summed E-state index contributed by atoms with van der Waals surface area (Å²) in [5, 5.41) is 23.3. The highest BCUT2D eigenvalue weighted by atomic mass is 16.3. The molecule has 6 heteroatoms. The lowest BCUT2D eigenvalue weighted by Crippen LogP contribution is -2.20. The molecule has 0 amide bonds. The van der Waals surface area contributed by atoms with Gasteiger partial charge in [-0.2, -0.15) is 10.4 Å². The zero-order valence-corrected chi connectivity index (χ0v) is 11.5. The number of nitriles is 1.